The topological polar surface area (TPSA) is 24.9 Å². The molecule has 0 aliphatic carbocycles. The number of nitrogens with zero attached hydrogens (tertiary/aromatic N) is 1. The predicted octanol–water partition coefficient (Wildman–Crippen LogP) is 1.85. The van der Waals surface area contributed by atoms with Gasteiger partial charge in [-0.3, -0.25) is 4.98 Å². The Kier molecular flexibility index (Phi) is 3.43. The van der Waals surface area contributed by atoms with Crippen molar-refractivity contribution in [3.8, 4) is 0 Å². The van der Waals surface area contributed by atoms with Crippen LogP contribution in [0.4, 0.5) is 0 Å². The summed E-state index contributed by atoms with van der Waals surface area (Å²) in [7, 11) is 1.98. The zero-order valence-electron chi connectivity index (χ0n) is 8.89. The molecular formula is C11H18N2. The molecule has 2 heteroatoms. The van der Waals surface area contributed by atoms with E-state index in [4.69, 9.17) is 0 Å². The van der Waals surface area contributed by atoms with Gasteiger partial charge >= 0.3 is 0 Å². The van der Waals surface area contributed by atoms with Crippen LogP contribution in [0.3, 0.4) is 0 Å². The Hall–Kier alpha value is -0.890. The lowest BCUT2D eigenvalue weighted by Crippen LogP contribution is -2.24. The Morgan fingerprint density at radius 2 is 2.08 bits per heavy atom. The summed E-state index contributed by atoms with van der Waals surface area (Å²) in [5.74, 6) is 0. The molecule has 1 rings (SSSR count). The molecule has 0 fully saturated rings. The Morgan fingerprint density at radius 1 is 1.38 bits per heavy atom. The van der Waals surface area contributed by atoms with Crippen molar-refractivity contribution in [2.75, 3.05) is 7.05 Å². The van der Waals surface area contributed by atoms with E-state index in [0.29, 0.717) is 6.04 Å². The van der Waals surface area contributed by atoms with Gasteiger partial charge in [-0.25, -0.2) is 0 Å². The minimum absolute atomic E-state index is 0.495. The van der Waals surface area contributed by atoms with Crippen LogP contribution >= 0.6 is 0 Å². The Balaban J connectivity index is 2.73. The average molecular weight is 178 g/mol. The highest BCUT2D eigenvalue weighted by Crippen LogP contribution is 2.06. The second-order valence-corrected chi connectivity index (χ2v) is 3.60. The molecule has 2 nitrogen and oxygen atoms in total. The summed E-state index contributed by atoms with van der Waals surface area (Å²) in [6.45, 7) is 6.31. The Morgan fingerprint density at radius 3 is 2.62 bits per heavy atom. The highest BCUT2D eigenvalue weighted by molar-refractivity contribution is 5.20. The Bertz CT molecular complexity index is 281. The minimum Gasteiger partial charge on any atom is -0.317 e. The van der Waals surface area contributed by atoms with Crippen LogP contribution in [0.2, 0.25) is 0 Å². The fourth-order valence-corrected chi connectivity index (χ4v) is 1.21. The standard InChI is InChI=1S/C11H18N2/c1-8-5-6-11(13-10(8)3)7-9(2)12-4/h5-6,9,12H,7H2,1-4H3. The molecule has 0 spiro atoms. The number of hydrogen-bond acceptors (Lipinski definition) is 2. The third-order valence-corrected chi connectivity index (χ3v) is 2.42. The maximum Gasteiger partial charge on any atom is 0.0422 e. The molecule has 72 valence electrons. The molecule has 1 atom stereocenters. The van der Waals surface area contributed by atoms with E-state index >= 15 is 0 Å². The van der Waals surface area contributed by atoms with E-state index < -0.39 is 0 Å². The summed E-state index contributed by atoms with van der Waals surface area (Å²) >= 11 is 0. The molecular weight excluding hydrogens is 160 g/mol. The highest BCUT2D eigenvalue weighted by atomic mass is 14.9. The third kappa shape index (κ3) is 2.81. The lowest BCUT2D eigenvalue weighted by atomic mass is 10.1. The van der Waals surface area contributed by atoms with Gasteiger partial charge in [-0.2, -0.15) is 0 Å². The number of aromatic nitrogens is 1. The normalized spacial score (nSPS) is 12.9. The molecule has 0 aromatic carbocycles. The molecule has 1 aromatic rings. The molecule has 1 unspecified atom stereocenters. The van der Waals surface area contributed by atoms with E-state index in [1.807, 2.05) is 7.05 Å². The van der Waals surface area contributed by atoms with Crippen LogP contribution in [0, 0.1) is 13.8 Å². The van der Waals surface area contributed by atoms with Crippen molar-refractivity contribution in [1.29, 1.82) is 0 Å². The monoisotopic (exact) mass is 178 g/mol. The van der Waals surface area contributed by atoms with Gasteiger partial charge in [0.1, 0.15) is 0 Å². The van der Waals surface area contributed by atoms with Crippen molar-refractivity contribution in [2.24, 2.45) is 0 Å². The van der Waals surface area contributed by atoms with E-state index in [2.05, 4.69) is 43.2 Å². The van der Waals surface area contributed by atoms with Gasteiger partial charge in [0.2, 0.25) is 0 Å². The van der Waals surface area contributed by atoms with Crippen LogP contribution in [-0.2, 0) is 6.42 Å². The van der Waals surface area contributed by atoms with Gasteiger partial charge < -0.3 is 5.32 Å². The van der Waals surface area contributed by atoms with Gasteiger partial charge in [0, 0.05) is 23.9 Å². The SMILES string of the molecule is CNC(C)Cc1ccc(C)c(C)n1. The zero-order chi connectivity index (χ0) is 9.84. The maximum atomic E-state index is 4.52. The molecule has 0 aliphatic rings. The van der Waals surface area contributed by atoms with Crippen LogP contribution in [0.15, 0.2) is 12.1 Å². The number of nitrogens with one attached hydrogen (secondary N) is 1. The first-order chi connectivity index (χ1) is 6.13. The highest BCUT2D eigenvalue weighted by Gasteiger charge is 2.02. The number of pyridine rings is 1. The first kappa shape index (κ1) is 10.2. The summed E-state index contributed by atoms with van der Waals surface area (Å²) in [6.07, 6.45) is 0.998. The van der Waals surface area contributed by atoms with Crippen LogP contribution in [0.5, 0.6) is 0 Å². The fraction of sp³-hybridized carbons (Fsp3) is 0.545. The van der Waals surface area contributed by atoms with E-state index in [1.54, 1.807) is 0 Å². The third-order valence-electron chi connectivity index (χ3n) is 2.42. The molecule has 13 heavy (non-hydrogen) atoms. The first-order valence-corrected chi connectivity index (χ1v) is 4.74. The van der Waals surface area contributed by atoms with Gasteiger partial charge in [0.05, 0.1) is 0 Å². The number of rotatable bonds is 3. The van der Waals surface area contributed by atoms with Gasteiger partial charge in [-0.15, -0.1) is 0 Å². The van der Waals surface area contributed by atoms with Crippen molar-refractivity contribution in [2.45, 2.75) is 33.2 Å². The average Bonchev–Trinajstić information content (AvgIpc) is 2.11. The minimum atomic E-state index is 0.495. The lowest BCUT2D eigenvalue weighted by Gasteiger charge is -2.10. The summed E-state index contributed by atoms with van der Waals surface area (Å²) in [5.41, 5.74) is 3.58. The van der Waals surface area contributed by atoms with Gasteiger partial charge in [0.15, 0.2) is 0 Å². The van der Waals surface area contributed by atoms with Gasteiger partial charge in [-0.05, 0) is 39.4 Å². The molecule has 0 aliphatic heterocycles. The largest absolute Gasteiger partial charge is 0.317 e. The quantitative estimate of drug-likeness (QED) is 0.764. The summed E-state index contributed by atoms with van der Waals surface area (Å²) in [6, 6.07) is 4.74. The van der Waals surface area contributed by atoms with Crippen molar-refractivity contribution in [3.63, 3.8) is 0 Å². The molecule has 0 radical (unpaired) electrons. The fourth-order valence-electron chi connectivity index (χ4n) is 1.21. The van der Waals surface area contributed by atoms with Crippen LogP contribution in [-0.4, -0.2) is 18.1 Å². The predicted molar refractivity (Wildman–Crippen MR) is 55.9 cm³/mol. The summed E-state index contributed by atoms with van der Waals surface area (Å²) < 4.78 is 0. The summed E-state index contributed by atoms with van der Waals surface area (Å²) in [5, 5.41) is 3.21. The second-order valence-electron chi connectivity index (χ2n) is 3.60. The number of likely N-dealkylation sites (N-methyl/N-ethyl adjacent to an activating group) is 1. The summed E-state index contributed by atoms with van der Waals surface area (Å²) in [4.78, 5) is 4.52. The van der Waals surface area contributed by atoms with Gasteiger partial charge in [0.25, 0.3) is 0 Å². The second kappa shape index (κ2) is 4.38. The lowest BCUT2D eigenvalue weighted by molar-refractivity contribution is 0.600. The molecule has 1 N–H and O–H groups in total. The van der Waals surface area contributed by atoms with E-state index in [0.717, 1.165) is 12.1 Å². The molecule has 0 saturated carbocycles. The number of aryl methyl sites for hydroxylation is 2. The molecule has 1 heterocycles. The molecule has 0 saturated heterocycles. The molecule has 0 amide bonds. The molecule has 1 aromatic heterocycles. The Labute approximate surface area is 80.4 Å². The van der Waals surface area contributed by atoms with Crippen molar-refractivity contribution in [1.82, 2.24) is 10.3 Å². The first-order valence-electron chi connectivity index (χ1n) is 4.74. The van der Waals surface area contributed by atoms with Gasteiger partial charge in [-0.1, -0.05) is 6.07 Å². The van der Waals surface area contributed by atoms with Crippen molar-refractivity contribution < 1.29 is 0 Å². The maximum absolute atomic E-state index is 4.52. The van der Waals surface area contributed by atoms with Crippen LogP contribution < -0.4 is 5.32 Å². The van der Waals surface area contributed by atoms with E-state index in [1.165, 1.54) is 11.3 Å². The van der Waals surface area contributed by atoms with Crippen LogP contribution in [0.1, 0.15) is 23.9 Å². The number of hydrogen-bond donors (Lipinski definition) is 1. The van der Waals surface area contributed by atoms with Crippen molar-refractivity contribution >= 4 is 0 Å². The van der Waals surface area contributed by atoms with E-state index in [-0.39, 0.29) is 0 Å². The van der Waals surface area contributed by atoms with Crippen molar-refractivity contribution in [3.05, 3.63) is 29.1 Å². The van der Waals surface area contributed by atoms with Crippen LogP contribution in [0.25, 0.3) is 0 Å². The van der Waals surface area contributed by atoms with E-state index in [9.17, 15) is 0 Å². The zero-order valence-corrected chi connectivity index (χ0v) is 8.89. The smallest absolute Gasteiger partial charge is 0.0422 e. The molecule has 0 bridgehead atoms.